The van der Waals surface area contributed by atoms with E-state index in [1.165, 1.54) is 5.56 Å². The Hall–Kier alpha value is -0.570. The minimum atomic E-state index is 0.448. The fourth-order valence-electron chi connectivity index (χ4n) is 1.84. The summed E-state index contributed by atoms with van der Waals surface area (Å²) in [5.74, 6) is 0.448. The van der Waals surface area contributed by atoms with Crippen molar-refractivity contribution in [1.29, 1.82) is 0 Å². The summed E-state index contributed by atoms with van der Waals surface area (Å²) in [6, 6.07) is 6.22. The molecule has 0 aromatic heterocycles. The third-order valence-corrected chi connectivity index (χ3v) is 3.21. The zero-order valence-electron chi connectivity index (χ0n) is 8.92. The Balaban J connectivity index is 2.16. The lowest BCUT2D eigenvalue weighted by molar-refractivity contribution is 0.141. The predicted molar refractivity (Wildman–Crippen MR) is 62.6 cm³/mol. The fraction of sp³-hybridized carbons (Fsp3) is 0.500. The molecule has 1 aromatic carbocycles. The number of halogens is 1. The van der Waals surface area contributed by atoms with Crippen molar-refractivity contribution in [2.45, 2.75) is 12.8 Å². The Labute approximate surface area is 95.6 Å². The van der Waals surface area contributed by atoms with Gasteiger partial charge in [0.25, 0.3) is 0 Å². The van der Waals surface area contributed by atoms with Gasteiger partial charge in [-0.2, -0.15) is 0 Å². The second-order valence-electron chi connectivity index (χ2n) is 3.98. The van der Waals surface area contributed by atoms with E-state index < -0.39 is 0 Å². The lowest BCUT2D eigenvalue weighted by Crippen LogP contribution is -2.21. The molecule has 0 bridgehead atoms. The van der Waals surface area contributed by atoms with E-state index in [1.54, 1.807) is 0 Å². The molecule has 1 atom stereocenters. The van der Waals surface area contributed by atoms with Crippen molar-refractivity contribution < 1.29 is 4.74 Å². The summed E-state index contributed by atoms with van der Waals surface area (Å²) >= 11 is 6.00. The molecule has 1 aliphatic heterocycles. The molecule has 1 N–H and O–H groups in total. The molecule has 0 saturated carbocycles. The highest BCUT2D eigenvalue weighted by atomic mass is 35.5. The highest BCUT2D eigenvalue weighted by Crippen LogP contribution is 2.22. The van der Waals surface area contributed by atoms with E-state index in [0.29, 0.717) is 5.92 Å². The first-order chi connectivity index (χ1) is 7.27. The van der Waals surface area contributed by atoms with Gasteiger partial charge in [0.2, 0.25) is 0 Å². The van der Waals surface area contributed by atoms with Crippen molar-refractivity contribution in [1.82, 2.24) is 5.32 Å². The van der Waals surface area contributed by atoms with Gasteiger partial charge in [0, 0.05) is 24.0 Å². The molecule has 0 radical (unpaired) electrons. The Bertz CT molecular complexity index is 332. The van der Waals surface area contributed by atoms with Crippen LogP contribution in [0.5, 0.6) is 0 Å². The minimum Gasteiger partial charge on any atom is -0.379 e. The first-order valence-electron chi connectivity index (χ1n) is 5.32. The number of hydrogen-bond acceptors (Lipinski definition) is 2. The molecule has 3 heteroatoms. The van der Waals surface area contributed by atoms with E-state index in [2.05, 4.69) is 17.4 Å². The molecule has 2 nitrogen and oxygen atoms in total. The molecular weight excluding hydrogens is 210 g/mol. The summed E-state index contributed by atoms with van der Waals surface area (Å²) < 4.78 is 5.54. The highest BCUT2D eigenvalue weighted by Gasteiger charge is 2.14. The molecule has 2 rings (SSSR count). The van der Waals surface area contributed by atoms with E-state index in [9.17, 15) is 0 Å². The normalized spacial score (nSPS) is 22.4. The van der Waals surface area contributed by atoms with Crippen LogP contribution in [0.15, 0.2) is 18.2 Å². The molecule has 1 aromatic rings. The van der Waals surface area contributed by atoms with E-state index in [-0.39, 0.29) is 0 Å². The van der Waals surface area contributed by atoms with Crippen LogP contribution in [0.25, 0.3) is 0 Å². The molecule has 82 valence electrons. The Morgan fingerprint density at radius 1 is 1.47 bits per heavy atom. The minimum absolute atomic E-state index is 0.448. The smallest absolute Gasteiger partial charge is 0.0591 e. The maximum atomic E-state index is 6.00. The number of aryl methyl sites for hydroxylation is 1. The number of ether oxygens (including phenoxy) is 1. The summed E-state index contributed by atoms with van der Waals surface area (Å²) in [4.78, 5) is 0. The topological polar surface area (TPSA) is 21.3 Å². The van der Waals surface area contributed by atoms with Crippen LogP contribution in [0.4, 0.5) is 0 Å². The molecule has 15 heavy (non-hydrogen) atoms. The number of nitrogens with one attached hydrogen (secondary N) is 1. The summed E-state index contributed by atoms with van der Waals surface area (Å²) in [5.41, 5.74) is 2.45. The van der Waals surface area contributed by atoms with Gasteiger partial charge in [-0.3, -0.25) is 0 Å². The fourth-order valence-corrected chi connectivity index (χ4v) is 1.96. The molecule has 1 heterocycles. The third-order valence-electron chi connectivity index (χ3n) is 2.79. The molecule has 1 fully saturated rings. The molecule has 0 amide bonds. The van der Waals surface area contributed by atoms with Gasteiger partial charge >= 0.3 is 0 Å². The van der Waals surface area contributed by atoms with Crippen LogP contribution in [0.2, 0.25) is 5.02 Å². The second kappa shape index (κ2) is 4.97. The molecule has 0 aliphatic carbocycles. The van der Waals surface area contributed by atoms with Gasteiger partial charge in [0.15, 0.2) is 0 Å². The number of rotatable bonds is 1. The lowest BCUT2D eigenvalue weighted by Gasteiger charge is -2.15. The largest absolute Gasteiger partial charge is 0.379 e. The molecular formula is C12H16ClNO. The Morgan fingerprint density at radius 3 is 3.13 bits per heavy atom. The van der Waals surface area contributed by atoms with Crippen LogP contribution < -0.4 is 5.32 Å². The first kappa shape index (κ1) is 10.9. The van der Waals surface area contributed by atoms with Crippen molar-refractivity contribution in [2.75, 3.05) is 26.3 Å². The van der Waals surface area contributed by atoms with Gasteiger partial charge in [-0.25, -0.2) is 0 Å². The first-order valence-corrected chi connectivity index (χ1v) is 5.69. The second-order valence-corrected chi connectivity index (χ2v) is 4.39. The lowest BCUT2D eigenvalue weighted by atomic mass is 9.98. The van der Waals surface area contributed by atoms with Crippen LogP contribution >= 0.6 is 11.6 Å². The monoisotopic (exact) mass is 225 g/mol. The van der Waals surface area contributed by atoms with E-state index in [4.69, 9.17) is 16.3 Å². The summed E-state index contributed by atoms with van der Waals surface area (Å²) in [5, 5.41) is 4.21. The number of hydrogen-bond donors (Lipinski definition) is 1. The average Bonchev–Trinajstić information content (AvgIpc) is 2.50. The Kier molecular flexibility index (Phi) is 3.62. The summed E-state index contributed by atoms with van der Waals surface area (Å²) in [7, 11) is 0. The van der Waals surface area contributed by atoms with Crippen LogP contribution in [0, 0.1) is 6.92 Å². The predicted octanol–water partition coefficient (Wildman–Crippen LogP) is 2.35. The van der Waals surface area contributed by atoms with Crippen molar-refractivity contribution in [3.8, 4) is 0 Å². The van der Waals surface area contributed by atoms with Crippen LogP contribution in [-0.4, -0.2) is 26.3 Å². The molecule has 0 spiro atoms. The SMILES string of the molecule is Cc1cc(C2CNCCOC2)ccc1Cl. The van der Waals surface area contributed by atoms with E-state index in [1.807, 2.05) is 13.0 Å². The highest BCUT2D eigenvalue weighted by molar-refractivity contribution is 6.31. The molecule has 1 unspecified atom stereocenters. The van der Waals surface area contributed by atoms with Crippen LogP contribution in [-0.2, 0) is 4.74 Å². The van der Waals surface area contributed by atoms with Crippen LogP contribution in [0.3, 0.4) is 0 Å². The van der Waals surface area contributed by atoms with Gasteiger partial charge in [-0.1, -0.05) is 23.7 Å². The van der Waals surface area contributed by atoms with Gasteiger partial charge in [0.05, 0.1) is 13.2 Å². The summed E-state index contributed by atoms with van der Waals surface area (Å²) in [6.45, 7) is 5.58. The van der Waals surface area contributed by atoms with Gasteiger partial charge in [0.1, 0.15) is 0 Å². The van der Waals surface area contributed by atoms with Crippen molar-refractivity contribution in [2.24, 2.45) is 0 Å². The van der Waals surface area contributed by atoms with E-state index in [0.717, 1.165) is 36.9 Å². The quantitative estimate of drug-likeness (QED) is 0.792. The molecule has 1 saturated heterocycles. The van der Waals surface area contributed by atoms with Crippen molar-refractivity contribution in [3.63, 3.8) is 0 Å². The average molecular weight is 226 g/mol. The van der Waals surface area contributed by atoms with Gasteiger partial charge < -0.3 is 10.1 Å². The van der Waals surface area contributed by atoms with Crippen LogP contribution in [0.1, 0.15) is 17.0 Å². The van der Waals surface area contributed by atoms with Gasteiger partial charge in [-0.05, 0) is 24.1 Å². The maximum Gasteiger partial charge on any atom is 0.0591 e. The molecule has 1 aliphatic rings. The standard InChI is InChI=1S/C12H16ClNO/c1-9-6-10(2-3-12(9)13)11-7-14-4-5-15-8-11/h2-3,6,11,14H,4-5,7-8H2,1H3. The van der Waals surface area contributed by atoms with Gasteiger partial charge in [-0.15, -0.1) is 0 Å². The van der Waals surface area contributed by atoms with Crippen molar-refractivity contribution >= 4 is 11.6 Å². The Morgan fingerprint density at radius 2 is 2.33 bits per heavy atom. The summed E-state index contributed by atoms with van der Waals surface area (Å²) in [6.07, 6.45) is 0. The zero-order valence-corrected chi connectivity index (χ0v) is 9.68. The van der Waals surface area contributed by atoms with E-state index >= 15 is 0 Å². The third kappa shape index (κ3) is 2.71. The zero-order chi connectivity index (χ0) is 10.7. The van der Waals surface area contributed by atoms with Crippen molar-refractivity contribution in [3.05, 3.63) is 34.3 Å². The maximum absolute atomic E-state index is 6.00. The number of benzene rings is 1.